The van der Waals surface area contributed by atoms with Crippen LogP contribution in [0.2, 0.25) is 0 Å². The summed E-state index contributed by atoms with van der Waals surface area (Å²) < 4.78 is 22.0. The number of hydrogen-bond donors (Lipinski definition) is 4. The lowest BCUT2D eigenvalue weighted by Gasteiger charge is -2.23. The van der Waals surface area contributed by atoms with E-state index in [2.05, 4.69) is 42.6 Å². The van der Waals surface area contributed by atoms with E-state index >= 15 is 0 Å². The van der Waals surface area contributed by atoms with E-state index in [9.17, 15) is 19.4 Å². The zero-order valence-electron chi connectivity index (χ0n) is 31.4. The van der Waals surface area contributed by atoms with Gasteiger partial charge in [0.2, 0.25) is 5.91 Å². The van der Waals surface area contributed by atoms with E-state index < -0.39 is 20.0 Å². The summed E-state index contributed by atoms with van der Waals surface area (Å²) in [4.78, 5) is 22.6. The lowest BCUT2D eigenvalue weighted by atomic mass is 10.0. The molecule has 3 unspecified atom stereocenters. The minimum atomic E-state index is -4.34. The van der Waals surface area contributed by atoms with Crippen LogP contribution < -0.4 is 11.1 Å². The molecule has 0 rings (SSSR count). The van der Waals surface area contributed by atoms with Crippen LogP contribution >= 0.6 is 7.82 Å². The average molecular weight is 711 g/mol. The van der Waals surface area contributed by atoms with Crippen LogP contribution in [0.1, 0.15) is 168 Å². The van der Waals surface area contributed by atoms with Gasteiger partial charge in [-0.1, -0.05) is 145 Å². The Morgan fingerprint density at radius 2 is 1.16 bits per heavy atom. The molecule has 0 spiro atoms. The molecule has 0 aliphatic heterocycles. The topological polar surface area (TPSA) is 131 Å². The van der Waals surface area contributed by atoms with Crippen LogP contribution in [0.3, 0.4) is 0 Å². The number of unbranched alkanes of at least 4 members (excludes halogenated alkanes) is 19. The number of nitrogens with one attached hydrogen (secondary N) is 1. The van der Waals surface area contributed by atoms with Crippen LogP contribution in [0.15, 0.2) is 48.6 Å². The number of nitrogens with two attached hydrogens (primary N) is 1. The normalized spacial score (nSPS) is 14.8. The molecule has 0 aliphatic rings. The molecule has 0 saturated carbocycles. The van der Waals surface area contributed by atoms with Crippen LogP contribution in [0, 0.1) is 0 Å². The van der Waals surface area contributed by atoms with E-state index in [1.54, 1.807) is 6.08 Å². The van der Waals surface area contributed by atoms with Gasteiger partial charge in [-0.25, -0.2) is 4.57 Å². The summed E-state index contributed by atoms with van der Waals surface area (Å²) >= 11 is 0. The molecule has 3 atom stereocenters. The summed E-state index contributed by atoms with van der Waals surface area (Å²) in [5, 5.41) is 13.5. The first-order chi connectivity index (χ1) is 23.9. The Hall–Kier alpha value is -1.54. The van der Waals surface area contributed by atoms with Crippen LogP contribution in [-0.4, -0.2) is 47.8 Å². The van der Waals surface area contributed by atoms with Crippen LogP contribution in [0.25, 0.3) is 0 Å². The van der Waals surface area contributed by atoms with E-state index in [1.807, 2.05) is 19.1 Å². The highest BCUT2D eigenvalue weighted by Crippen LogP contribution is 2.43. The Labute approximate surface area is 301 Å². The van der Waals surface area contributed by atoms with Crippen molar-refractivity contribution in [1.29, 1.82) is 0 Å². The fourth-order valence-electron chi connectivity index (χ4n) is 5.46. The van der Waals surface area contributed by atoms with Gasteiger partial charge < -0.3 is 21.1 Å². The molecule has 1 amide bonds. The number of carbonyl (C=O) groups excluding carboxylic acids is 1. The Kier molecular flexibility index (Phi) is 35.1. The van der Waals surface area contributed by atoms with E-state index in [1.165, 1.54) is 103 Å². The Morgan fingerprint density at radius 1 is 0.694 bits per heavy atom. The Bertz CT molecular complexity index is 907. The number of aliphatic hydroxyl groups is 1. The summed E-state index contributed by atoms with van der Waals surface area (Å²) in [6, 6.07) is -0.882. The van der Waals surface area contributed by atoms with Crippen molar-refractivity contribution in [3.63, 3.8) is 0 Å². The Balaban J connectivity index is 4.14. The molecule has 49 heavy (non-hydrogen) atoms. The van der Waals surface area contributed by atoms with Gasteiger partial charge in [0.15, 0.2) is 0 Å². The van der Waals surface area contributed by atoms with Gasteiger partial charge in [0, 0.05) is 13.0 Å². The molecule has 9 heteroatoms. The molecule has 5 N–H and O–H groups in total. The highest BCUT2D eigenvalue weighted by Gasteiger charge is 2.26. The smallest absolute Gasteiger partial charge is 0.387 e. The van der Waals surface area contributed by atoms with Crippen molar-refractivity contribution in [3.05, 3.63) is 48.6 Å². The summed E-state index contributed by atoms with van der Waals surface area (Å²) in [6.07, 6.45) is 43.3. The fraction of sp³-hybridized carbons (Fsp3) is 0.775. The zero-order chi connectivity index (χ0) is 36.1. The van der Waals surface area contributed by atoms with Crippen molar-refractivity contribution >= 4 is 13.7 Å². The van der Waals surface area contributed by atoms with Gasteiger partial charge in [0.1, 0.15) is 0 Å². The van der Waals surface area contributed by atoms with Gasteiger partial charge in [0.25, 0.3) is 0 Å². The molecule has 0 aromatic rings. The van der Waals surface area contributed by atoms with Crippen LogP contribution in [0.4, 0.5) is 0 Å². The maximum atomic E-state index is 12.7. The number of amides is 1. The Morgan fingerprint density at radius 3 is 1.69 bits per heavy atom. The van der Waals surface area contributed by atoms with E-state index in [-0.39, 0.29) is 25.7 Å². The molecule has 0 heterocycles. The van der Waals surface area contributed by atoms with Crippen molar-refractivity contribution < 1.29 is 28.4 Å². The van der Waals surface area contributed by atoms with Crippen LogP contribution in [0.5, 0.6) is 0 Å². The first-order valence-electron chi connectivity index (χ1n) is 19.7. The average Bonchev–Trinajstić information content (AvgIpc) is 3.09. The lowest BCUT2D eigenvalue weighted by Crippen LogP contribution is -2.45. The van der Waals surface area contributed by atoms with Crippen LogP contribution in [-0.2, 0) is 18.4 Å². The molecule has 0 aliphatic carbocycles. The summed E-state index contributed by atoms with van der Waals surface area (Å²) in [7, 11) is -4.34. The number of hydrogen-bond acceptors (Lipinski definition) is 6. The molecule has 0 bridgehead atoms. The number of rotatable bonds is 36. The van der Waals surface area contributed by atoms with Gasteiger partial charge in [-0.2, -0.15) is 0 Å². The van der Waals surface area contributed by atoms with Gasteiger partial charge in [0.05, 0.1) is 25.4 Å². The van der Waals surface area contributed by atoms with Crippen molar-refractivity contribution in [2.75, 3.05) is 19.8 Å². The third-order valence-corrected chi connectivity index (χ3v) is 9.43. The van der Waals surface area contributed by atoms with Crippen molar-refractivity contribution in [2.24, 2.45) is 5.73 Å². The molecule has 0 fully saturated rings. The number of allylic oxidation sites excluding steroid dienone is 7. The predicted molar refractivity (Wildman–Crippen MR) is 207 cm³/mol. The van der Waals surface area contributed by atoms with Gasteiger partial charge in [-0.3, -0.25) is 13.8 Å². The molecule has 286 valence electrons. The standard InChI is InChI=1S/C40H75N2O6P/c1-3-5-7-9-11-13-14-15-16-17-18-19-20-21-22-23-24-26-28-30-32-34-40(44)42-38(37-48-49(45,46)47-36-35-41)39(43)33-31-29-27-25-12-10-8-6-4-2/h4,6,12,17-18,25,31,33,38-39,43H,3,5,7-11,13-16,19-24,26-30,32,34-37,41H2,1-2H3,(H,42,44)(H,45,46)/b6-4+,18-17-,25-12+,33-31+. The number of phosphoric acid groups is 1. The van der Waals surface area contributed by atoms with E-state index in [0.29, 0.717) is 6.42 Å². The minimum Gasteiger partial charge on any atom is -0.387 e. The molecule has 0 radical (unpaired) electrons. The zero-order valence-corrected chi connectivity index (χ0v) is 32.3. The maximum absolute atomic E-state index is 12.7. The SMILES string of the molecule is C/C=C/CC/C=C/CC/C=C/C(O)C(COP(=O)(O)OCCN)NC(=O)CCCCCCCCCCC/C=C\CCCCCCCCCC. The molecule has 8 nitrogen and oxygen atoms in total. The second-order valence-electron chi connectivity index (χ2n) is 13.1. The summed E-state index contributed by atoms with van der Waals surface area (Å²) in [6.45, 7) is 3.85. The first kappa shape index (κ1) is 47.5. The predicted octanol–water partition coefficient (Wildman–Crippen LogP) is 10.6. The van der Waals surface area contributed by atoms with Gasteiger partial charge in [-0.05, 0) is 64.7 Å². The maximum Gasteiger partial charge on any atom is 0.472 e. The summed E-state index contributed by atoms with van der Waals surface area (Å²) in [5.41, 5.74) is 5.34. The fourth-order valence-corrected chi connectivity index (χ4v) is 6.22. The first-order valence-corrected chi connectivity index (χ1v) is 21.2. The second kappa shape index (κ2) is 36.3. The minimum absolute atomic E-state index is 0.0700. The van der Waals surface area contributed by atoms with Crippen molar-refractivity contribution in [1.82, 2.24) is 5.32 Å². The largest absolute Gasteiger partial charge is 0.472 e. The molecule has 0 aromatic carbocycles. The van der Waals surface area contributed by atoms with E-state index in [0.717, 1.165) is 44.9 Å². The summed E-state index contributed by atoms with van der Waals surface area (Å²) in [5.74, 6) is -0.215. The highest BCUT2D eigenvalue weighted by molar-refractivity contribution is 7.47. The molecule has 0 saturated heterocycles. The monoisotopic (exact) mass is 711 g/mol. The van der Waals surface area contributed by atoms with Gasteiger partial charge in [-0.15, -0.1) is 0 Å². The van der Waals surface area contributed by atoms with Crippen molar-refractivity contribution in [2.45, 2.75) is 180 Å². The third-order valence-electron chi connectivity index (χ3n) is 8.45. The second-order valence-corrected chi connectivity index (χ2v) is 14.6. The van der Waals surface area contributed by atoms with E-state index in [4.69, 9.17) is 14.8 Å². The number of carbonyl (C=O) groups is 1. The highest BCUT2D eigenvalue weighted by atomic mass is 31.2. The molecule has 0 aromatic heterocycles. The quantitative estimate of drug-likeness (QED) is 0.0289. The van der Waals surface area contributed by atoms with Crippen molar-refractivity contribution in [3.8, 4) is 0 Å². The molecular formula is C40H75N2O6P. The number of aliphatic hydroxyl groups excluding tert-OH is 1. The van der Waals surface area contributed by atoms with Gasteiger partial charge >= 0.3 is 7.82 Å². The number of phosphoric ester groups is 1. The third kappa shape index (κ3) is 34.7. The lowest BCUT2D eigenvalue weighted by molar-refractivity contribution is -0.123. The molecular weight excluding hydrogens is 635 g/mol.